The zero-order valence-electron chi connectivity index (χ0n) is 13.6. The van der Waals surface area contributed by atoms with Crippen molar-refractivity contribution in [3.05, 3.63) is 65.2 Å². The predicted octanol–water partition coefficient (Wildman–Crippen LogP) is 4.09. The van der Waals surface area contributed by atoms with Crippen LogP contribution in [0.4, 0.5) is 18.9 Å². The first kappa shape index (κ1) is 17.5. The van der Waals surface area contributed by atoms with Crippen LogP contribution in [0.15, 0.2) is 48.5 Å². The molecule has 0 saturated heterocycles. The molecule has 0 radical (unpaired) electrons. The molecule has 1 aliphatic rings. The lowest BCUT2D eigenvalue weighted by Gasteiger charge is -2.28. The summed E-state index contributed by atoms with van der Waals surface area (Å²) in [5.74, 6) is -0.407. The van der Waals surface area contributed by atoms with Crippen LogP contribution in [0.25, 0.3) is 0 Å². The van der Waals surface area contributed by atoms with Gasteiger partial charge in [-0.3, -0.25) is 9.69 Å². The quantitative estimate of drug-likeness (QED) is 0.902. The smallest absolute Gasteiger partial charge is 0.325 e. The summed E-state index contributed by atoms with van der Waals surface area (Å²) in [6, 6.07) is 13.2. The molecule has 1 aliphatic heterocycles. The Morgan fingerprint density at radius 2 is 1.72 bits per heavy atom. The highest BCUT2D eigenvalue weighted by Crippen LogP contribution is 2.34. The standard InChI is InChI=1S/C19H19F3N2O/c20-19(21,22)16-7-3-4-8-17(16)23-18(25)10-12-24-11-9-14-5-1-2-6-15(14)13-24/h1-8H,9-13H2,(H,23,25). The summed E-state index contributed by atoms with van der Waals surface area (Å²) in [6.45, 7) is 2.14. The molecule has 1 N–H and O–H groups in total. The average Bonchev–Trinajstić information content (AvgIpc) is 2.59. The number of amides is 1. The average molecular weight is 348 g/mol. The van der Waals surface area contributed by atoms with Crippen LogP contribution in [0.3, 0.4) is 0 Å². The number of carbonyl (C=O) groups is 1. The molecule has 3 nitrogen and oxygen atoms in total. The molecule has 0 unspecified atom stereocenters. The summed E-state index contributed by atoms with van der Waals surface area (Å²) >= 11 is 0. The number of alkyl halides is 3. The van der Waals surface area contributed by atoms with Crippen LogP contribution in [-0.2, 0) is 23.9 Å². The first-order chi connectivity index (χ1) is 11.9. The number of halogens is 3. The number of hydrogen-bond donors (Lipinski definition) is 1. The highest BCUT2D eigenvalue weighted by atomic mass is 19.4. The molecule has 1 amide bonds. The predicted molar refractivity (Wildman–Crippen MR) is 90.1 cm³/mol. The van der Waals surface area contributed by atoms with Crippen molar-refractivity contribution in [2.45, 2.75) is 25.6 Å². The molecule has 132 valence electrons. The monoisotopic (exact) mass is 348 g/mol. The van der Waals surface area contributed by atoms with Gasteiger partial charge in [-0.2, -0.15) is 13.2 Å². The van der Waals surface area contributed by atoms with Crippen LogP contribution >= 0.6 is 0 Å². The zero-order valence-corrected chi connectivity index (χ0v) is 13.6. The van der Waals surface area contributed by atoms with Gasteiger partial charge in [-0.1, -0.05) is 36.4 Å². The summed E-state index contributed by atoms with van der Waals surface area (Å²) < 4.78 is 38.9. The van der Waals surface area contributed by atoms with Crippen LogP contribution < -0.4 is 5.32 Å². The van der Waals surface area contributed by atoms with E-state index in [9.17, 15) is 18.0 Å². The van der Waals surface area contributed by atoms with Gasteiger partial charge in [0.05, 0.1) is 11.3 Å². The van der Waals surface area contributed by atoms with Crippen molar-refractivity contribution >= 4 is 11.6 Å². The molecular formula is C19H19F3N2O. The summed E-state index contributed by atoms with van der Waals surface area (Å²) in [4.78, 5) is 14.2. The van der Waals surface area contributed by atoms with Crippen molar-refractivity contribution < 1.29 is 18.0 Å². The number of carbonyl (C=O) groups excluding carboxylic acids is 1. The SMILES string of the molecule is O=C(CCN1CCc2ccccc2C1)Nc1ccccc1C(F)(F)F. The molecule has 0 bridgehead atoms. The van der Waals surface area contributed by atoms with Gasteiger partial charge >= 0.3 is 6.18 Å². The summed E-state index contributed by atoms with van der Waals surface area (Å²) in [5.41, 5.74) is 1.55. The lowest BCUT2D eigenvalue weighted by molar-refractivity contribution is -0.137. The second kappa shape index (κ2) is 7.27. The molecule has 0 spiro atoms. The van der Waals surface area contributed by atoms with Gasteiger partial charge < -0.3 is 5.32 Å². The zero-order chi connectivity index (χ0) is 17.9. The Morgan fingerprint density at radius 1 is 1.04 bits per heavy atom. The van der Waals surface area contributed by atoms with Crippen molar-refractivity contribution in [2.75, 3.05) is 18.4 Å². The van der Waals surface area contributed by atoms with Gasteiger partial charge in [-0.25, -0.2) is 0 Å². The molecule has 25 heavy (non-hydrogen) atoms. The first-order valence-corrected chi connectivity index (χ1v) is 8.19. The summed E-state index contributed by atoms with van der Waals surface area (Å²) in [5, 5.41) is 2.39. The normalized spacial score (nSPS) is 14.8. The van der Waals surface area contributed by atoms with Crippen molar-refractivity contribution in [3.8, 4) is 0 Å². The Bertz CT molecular complexity index is 758. The minimum Gasteiger partial charge on any atom is -0.325 e. The van der Waals surface area contributed by atoms with Crippen molar-refractivity contribution in [1.29, 1.82) is 0 Å². The van der Waals surface area contributed by atoms with E-state index in [4.69, 9.17) is 0 Å². The topological polar surface area (TPSA) is 32.3 Å². The number of nitrogens with zero attached hydrogens (tertiary/aromatic N) is 1. The van der Waals surface area contributed by atoms with E-state index in [1.165, 1.54) is 29.3 Å². The fraction of sp³-hybridized carbons (Fsp3) is 0.316. The minimum atomic E-state index is -4.49. The van der Waals surface area contributed by atoms with Crippen LogP contribution in [-0.4, -0.2) is 23.9 Å². The van der Waals surface area contributed by atoms with Gasteiger partial charge in [-0.15, -0.1) is 0 Å². The Kier molecular flexibility index (Phi) is 5.08. The van der Waals surface area contributed by atoms with Crippen LogP contribution in [0.2, 0.25) is 0 Å². The van der Waals surface area contributed by atoms with E-state index in [2.05, 4.69) is 22.3 Å². The third-order valence-corrected chi connectivity index (χ3v) is 4.37. The van der Waals surface area contributed by atoms with Gasteiger partial charge in [0.1, 0.15) is 0 Å². The number of para-hydroxylation sites is 1. The van der Waals surface area contributed by atoms with E-state index < -0.39 is 17.6 Å². The van der Waals surface area contributed by atoms with E-state index in [1.54, 1.807) is 0 Å². The number of benzene rings is 2. The molecule has 2 aromatic carbocycles. The highest BCUT2D eigenvalue weighted by molar-refractivity contribution is 5.91. The Balaban J connectivity index is 1.56. The molecule has 2 aromatic rings. The minimum absolute atomic E-state index is 0.161. The van der Waals surface area contributed by atoms with Crippen molar-refractivity contribution in [2.24, 2.45) is 0 Å². The molecule has 3 rings (SSSR count). The van der Waals surface area contributed by atoms with Crippen LogP contribution in [0.1, 0.15) is 23.1 Å². The third kappa shape index (κ3) is 4.39. The fourth-order valence-corrected chi connectivity index (χ4v) is 3.06. The second-order valence-corrected chi connectivity index (χ2v) is 6.14. The molecule has 1 heterocycles. The Morgan fingerprint density at radius 3 is 2.48 bits per heavy atom. The maximum Gasteiger partial charge on any atom is 0.418 e. The Hall–Kier alpha value is -2.34. The van der Waals surface area contributed by atoms with E-state index in [0.717, 1.165) is 25.6 Å². The van der Waals surface area contributed by atoms with Crippen molar-refractivity contribution in [1.82, 2.24) is 4.90 Å². The van der Waals surface area contributed by atoms with Gasteiger partial charge in [0, 0.05) is 26.1 Å². The maximum absolute atomic E-state index is 13.0. The lowest BCUT2D eigenvalue weighted by Crippen LogP contribution is -2.33. The second-order valence-electron chi connectivity index (χ2n) is 6.14. The fourth-order valence-electron chi connectivity index (χ4n) is 3.06. The molecular weight excluding hydrogens is 329 g/mol. The number of anilines is 1. The highest BCUT2D eigenvalue weighted by Gasteiger charge is 2.33. The van der Waals surface area contributed by atoms with Gasteiger partial charge in [0.25, 0.3) is 0 Å². The van der Waals surface area contributed by atoms with Gasteiger partial charge in [-0.05, 0) is 29.7 Å². The molecule has 0 fully saturated rings. The summed E-state index contributed by atoms with van der Waals surface area (Å²) in [7, 11) is 0. The van der Waals surface area contributed by atoms with Gasteiger partial charge in [0.2, 0.25) is 5.91 Å². The van der Waals surface area contributed by atoms with Crippen LogP contribution in [0.5, 0.6) is 0 Å². The largest absolute Gasteiger partial charge is 0.418 e. The molecule has 6 heteroatoms. The van der Waals surface area contributed by atoms with Crippen molar-refractivity contribution in [3.63, 3.8) is 0 Å². The first-order valence-electron chi connectivity index (χ1n) is 8.19. The third-order valence-electron chi connectivity index (χ3n) is 4.37. The number of nitrogens with one attached hydrogen (secondary N) is 1. The Labute approximate surface area is 144 Å². The number of fused-ring (bicyclic) bond motifs is 1. The van der Waals surface area contributed by atoms with Crippen LogP contribution in [0, 0.1) is 0 Å². The van der Waals surface area contributed by atoms with E-state index >= 15 is 0 Å². The molecule has 0 saturated carbocycles. The number of rotatable bonds is 4. The van der Waals surface area contributed by atoms with E-state index in [-0.39, 0.29) is 12.1 Å². The number of hydrogen-bond acceptors (Lipinski definition) is 2. The van der Waals surface area contributed by atoms with E-state index in [0.29, 0.717) is 6.54 Å². The van der Waals surface area contributed by atoms with Gasteiger partial charge in [0.15, 0.2) is 0 Å². The molecule has 0 aromatic heterocycles. The molecule has 0 aliphatic carbocycles. The molecule has 0 atom stereocenters. The van der Waals surface area contributed by atoms with E-state index in [1.807, 2.05) is 12.1 Å². The maximum atomic E-state index is 13.0. The lowest BCUT2D eigenvalue weighted by atomic mass is 10.00. The summed E-state index contributed by atoms with van der Waals surface area (Å²) in [6.07, 6.45) is -3.40.